The Morgan fingerprint density at radius 3 is 2.82 bits per heavy atom. The van der Waals surface area contributed by atoms with Crippen molar-refractivity contribution in [2.45, 2.75) is 6.42 Å². The van der Waals surface area contributed by atoms with Crippen LogP contribution in [0.25, 0.3) is 11.6 Å². The average Bonchev–Trinajstić information content (AvgIpc) is 3.39. The maximum Gasteiger partial charge on any atom is 0.328 e. The SMILES string of the molecule is COc1ccc(C(=O)Nc2nc(-c3ccco3)no2)cc1C(=O)NCCCN. The number of carbonyl (C=O) groups excluding carboxylic acids is 2. The highest BCUT2D eigenvalue weighted by atomic mass is 16.5. The van der Waals surface area contributed by atoms with Crippen LogP contribution in [0.2, 0.25) is 0 Å². The van der Waals surface area contributed by atoms with Gasteiger partial charge in [0.15, 0.2) is 5.76 Å². The van der Waals surface area contributed by atoms with Crippen molar-refractivity contribution >= 4 is 17.8 Å². The molecule has 28 heavy (non-hydrogen) atoms. The number of hydrogen-bond acceptors (Lipinski definition) is 8. The molecule has 0 spiro atoms. The van der Waals surface area contributed by atoms with Crippen LogP contribution >= 0.6 is 0 Å². The zero-order valence-corrected chi connectivity index (χ0v) is 15.1. The summed E-state index contributed by atoms with van der Waals surface area (Å²) in [6.45, 7) is 0.885. The molecule has 4 N–H and O–H groups in total. The van der Waals surface area contributed by atoms with Crippen molar-refractivity contribution in [3.05, 3.63) is 47.7 Å². The lowest BCUT2D eigenvalue weighted by atomic mass is 10.1. The minimum Gasteiger partial charge on any atom is -0.496 e. The summed E-state index contributed by atoms with van der Waals surface area (Å²) < 4.78 is 15.4. The second kappa shape index (κ2) is 8.82. The number of nitrogens with one attached hydrogen (secondary N) is 2. The molecule has 0 radical (unpaired) electrons. The van der Waals surface area contributed by atoms with Gasteiger partial charge < -0.3 is 24.7 Å². The number of nitrogens with zero attached hydrogens (tertiary/aromatic N) is 2. The van der Waals surface area contributed by atoms with Crippen molar-refractivity contribution in [2.24, 2.45) is 5.73 Å². The molecule has 146 valence electrons. The van der Waals surface area contributed by atoms with Crippen molar-refractivity contribution in [1.29, 1.82) is 0 Å². The van der Waals surface area contributed by atoms with Crippen molar-refractivity contribution in [1.82, 2.24) is 15.5 Å². The molecule has 0 atom stereocenters. The standard InChI is InChI=1S/C18H19N5O5/c1-26-13-6-5-11(10-12(13)17(25)20-8-3-7-19)16(24)22-18-21-15(23-28-18)14-4-2-9-27-14/h2,4-6,9-10H,3,7-8,19H2,1H3,(H,20,25)(H,21,22,23,24). The fraction of sp³-hybridized carbons (Fsp3) is 0.222. The number of methoxy groups -OCH3 is 1. The normalized spacial score (nSPS) is 10.5. The summed E-state index contributed by atoms with van der Waals surface area (Å²) in [4.78, 5) is 28.9. The third-order valence-electron chi connectivity index (χ3n) is 3.76. The number of hydrogen-bond donors (Lipinski definition) is 3. The lowest BCUT2D eigenvalue weighted by Gasteiger charge is -2.10. The molecule has 0 unspecified atom stereocenters. The van der Waals surface area contributed by atoms with E-state index in [2.05, 4.69) is 20.8 Å². The van der Waals surface area contributed by atoms with Crippen LogP contribution in [-0.2, 0) is 0 Å². The first kappa shape index (κ1) is 19.1. The van der Waals surface area contributed by atoms with Gasteiger partial charge in [-0.1, -0.05) is 5.16 Å². The first-order valence-electron chi connectivity index (χ1n) is 8.47. The molecule has 2 amide bonds. The maximum absolute atomic E-state index is 12.5. The zero-order chi connectivity index (χ0) is 19.9. The number of benzene rings is 1. The molecule has 0 fully saturated rings. The molecule has 0 aliphatic heterocycles. The molecule has 0 bridgehead atoms. The van der Waals surface area contributed by atoms with Gasteiger partial charge in [-0.25, -0.2) is 0 Å². The maximum atomic E-state index is 12.5. The van der Waals surface area contributed by atoms with Crippen LogP contribution < -0.4 is 21.1 Å². The number of ether oxygens (including phenoxy) is 1. The van der Waals surface area contributed by atoms with E-state index in [0.717, 1.165) is 0 Å². The third kappa shape index (κ3) is 4.35. The largest absolute Gasteiger partial charge is 0.496 e. The van der Waals surface area contributed by atoms with E-state index in [4.69, 9.17) is 19.4 Å². The van der Waals surface area contributed by atoms with E-state index in [-0.39, 0.29) is 28.9 Å². The van der Waals surface area contributed by atoms with Crippen molar-refractivity contribution < 1.29 is 23.3 Å². The van der Waals surface area contributed by atoms with Crippen LogP contribution in [0.3, 0.4) is 0 Å². The summed E-state index contributed by atoms with van der Waals surface area (Å²) in [5.41, 5.74) is 5.88. The van der Waals surface area contributed by atoms with E-state index in [1.165, 1.54) is 31.6 Å². The first-order chi connectivity index (χ1) is 13.6. The molecule has 3 rings (SSSR count). The molecule has 10 nitrogen and oxygen atoms in total. The summed E-state index contributed by atoms with van der Waals surface area (Å²) in [7, 11) is 1.44. The van der Waals surface area contributed by atoms with Gasteiger partial charge in [0, 0.05) is 12.1 Å². The fourth-order valence-corrected chi connectivity index (χ4v) is 2.38. The monoisotopic (exact) mass is 385 g/mol. The van der Waals surface area contributed by atoms with E-state index < -0.39 is 5.91 Å². The van der Waals surface area contributed by atoms with Crippen molar-refractivity contribution in [3.8, 4) is 17.3 Å². The van der Waals surface area contributed by atoms with Crippen LogP contribution in [0.4, 0.5) is 6.01 Å². The Balaban J connectivity index is 1.74. The van der Waals surface area contributed by atoms with Crippen molar-refractivity contribution in [2.75, 3.05) is 25.5 Å². The van der Waals surface area contributed by atoms with Gasteiger partial charge in [-0.15, -0.1) is 0 Å². The quantitative estimate of drug-likeness (QED) is 0.496. The highest BCUT2D eigenvalue weighted by molar-refractivity contribution is 6.06. The number of nitrogens with two attached hydrogens (primary N) is 1. The fourth-order valence-electron chi connectivity index (χ4n) is 2.38. The molecule has 2 heterocycles. The van der Waals surface area contributed by atoms with Crippen LogP contribution in [0.15, 0.2) is 45.5 Å². The Morgan fingerprint density at radius 2 is 2.11 bits per heavy atom. The molecular formula is C18H19N5O5. The van der Waals surface area contributed by atoms with Gasteiger partial charge >= 0.3 is 6.01 Å². The number of anilines is 1. The Labute approximate surface area is 160 Å². The van der Waals surface area contributed by atoms with Crippen LogP contribution in [0.5, 0.6) is 5.75 Å². The van der Waals surface area contributed by atoms with Gasteiger partial charge in [0.2, 0.25) is 5.82 Å². The van der Waals surface area contributed by atoms with E-state index in [1.54, 1.807) is 12.1 Å². The highest BCUT2D eigenvalue weighted by Crippen LogP contribution is 2.22. The number of aromatic nitrogens is 2. The van der Waals surface area contributed by atoms with Gasteiger partial charge in [0.05, 0.1) is 18.9 Å². The van der Waals surface area contributed by atoms with Gasteiger partial charge in [0.1, 0.15) is 5.75 Å². The van der Waals surface area contributed by atoms with Gasteiger partial charge in [-0.3, -0.25) is 14.9 Å². The predicted octanol–water partition coefficient (Wildman–Crippen LogP) is 1.67. The molecule has 0 aliphatic rings. The zero-order valence-electron chi connectivity index (χ0n) is 15.1. The Kier molecular flexibility index (Phi) is 6.02. The predicted molar refractivity (Wildman–Crippen MR) is 99.0 cm³/mol. The van der Waals surface area contributed by atoms with E-state index in [9.17, 15) is 9.59 Å². The van der Waals surface area contributed by atoms with Crippen molar-refractivity contribution in [3.63, 3.8) is 0 Å². The smallest absolute Gasteiger partial charge is 0.328 e. The van der Waals surface area contributed by atoms with E-state index in [0.29, 0.717) is 31.0 Å². The van der Waals surface area contributed by atoms with Gasteiger partial charge in [-0.05, 0) is 43.3 Å². The summed E-state index contributed by atoms with van der Waals surface area (Å²) >= 11 is 0. The minimum atomic E-state index is -0.520. The van der Waals surface area contributed by atoms with E-state index in [1.807, 2.05) is 0 Å². The summed E-state index contributed by atoms with van der Waals surface area (Å²) in [5.74, 6) is 0.0750. The topological polar surface area (TPSA) is 146 Å². The minimum absolute atomic E-state index is 0.0961. The van der Waals surface area contributed by atoms with Gasteiger partial charge in [-0.2, -0.15) is 4.98 Å². The van der Waals surface area contributed by atoms with E-state index >= 15 is 0 Å². The summed E-state index contributed by atoms with van der Waals surface area (Å²) in [6.07, 6.45) is 2.12. The molecule has 0 aliphatic carbocycles. The lowest BCUT2D eigenvalue weighted by Crippen LogP contribution is -2.26. The molecule has 2 aromatic heterocycles. The van der Waals surface area contributed by atoms with Crippen LogP contribution in [0, 0.1) is 0 Å². The number of carbonyl (C=O) groups is 2. The number of amides is 2. The molecule has 0 saturated carbocycles. The Bertz CT molecular complexity index is 951. The average molecular weight is 385 g/mol. The Morgan fingerprint density at radius 1 is 1.25 bits per heavy atom. The second-order valence-electron chi connectivity index (χ2n) is 5.67. The summed E-state index contributed by atoms with van der Waals surface area (Å²) in [5, 5.41) is 8.95. The second-order valence-corrected chi connectivity index (χ2v) is 5.67. The number of furan rings is 1. The molecule has 0 saturated heterocycles. The number of rotatable bonds is 8. The van der Waals surface area contributed by atoms with Crippen LogP contribution in [-0.4, -0.2) is 42.2 Å². The first-order valence-corrected chi connectivity index (χ1v) is 8.47. The van der Waals surface area contributed by atoms with Crippen LogP contribution in [0.1, 0.15) is 27.1 Å². The lowest BCUT2D eigenvalue weighted by molar-refractivity contribution is 0.0950. The summed E-state index contributed by atoms with van der Waals surface area (Å²) in [6, 6.07) is 7.73. The molecule has 3 aromatic rings. The molecule has 1 aromatic carbocycles. The van der Waals surface area contributed by atoms with Gasteiger partial charge in [0.25, 0.3) is 11.8 Å². The highest BCUT2D eigenvalue weighted by Gasteiger charge is 2.18. The Hall–Kier alpha value is -3.66. The molecular weight excluding hydrogens is 366 g/mol. The molecule has 10 heteroatoms. The third-order valence-corrected chi connectivity index (χ3v) is 3.76.